The maximum Gasteiger partial charge on any atom is 0.159 e. The Hall–Kier alpha value is -1.00. The van der Waals surface area contributed by atoms with Gasteiger partial charge in [0.15, 0.2) is 11.6 Å². The fourth-order valence-electron chi connectivity index (χ4n) is 1.85. The van der Waals surface area contributed by atoms with E-state index >= 15 is 0 Å². The average Bonchev–Trinajstić information content (AvgIpc) is 3.10. The molecule has 4 heteroatoms. The van der Waals surface area contributed by atoms with E-state index in [4.69, 9.17) is 5.11 Å². The molecule has 1 aliphatic rings. The van der Waals surface area contributed by atoms with E-state index in [1.54, 1.807) is 6.07 Å². The second-order valence-electron chi connectivity index (χ2n) is 4.83. The Labute approximate surface area is 99.7 Å². The lowest BCUT2D eigenvalue weighted by Gasteiger charge is -2.12. The van der Waals surface area contributed by atoms with Crippen LogP contribution in [0.15, 0.2) is 18.2 Å². The van der Waals surface area contributed by atoms with Gasteiger partial charge >= 0.3 is 0 Å². The third-order valence-corrected chi connectivity index (χ3v) is 3.37. The third-order valence-electron chi connectivity index (χ3n) is 3.37. The van der Waals surface area contributed by atoms with Gasteiger partial charge in [-0.3, -0.25) is 0 Å². The van der Waals surface area contributed by atoms with Crippen LogP contribution in [-0.2, 0) is 6.42 Å². The van der Waals surface area contributed by atoms with Crippen molar-refractivity contribution in [3.8, 4) is 0 Å². The Kier molecular flexibility index (Phi) is 3.74. The molecule has 2 nitrogen and oxygen atoms in total. The lowest BCUT2D eigenvalue weighted by molar-refractivity contribution is 0.208. The Bertz CT molecular complexity index is 391. The molecule has 2 N–H and O–H groups in total. The highest BCUT2D eigenvalue weighted by molar-refractivity contribution is 5.18. The van der Waals surface area contributed by atoms with Crippen LogP contribution in [0.25, 0.3) is 0 Å². The number of hydrogen-bond acceptors (Lipinski definition) is 2. The van der Waals surface area contributed by atoms with Crippen molar-refractivity contribution < 1.29 is 13.9 Å². The predicted molar refractivity (Wildman–Crippen MR) is 61.7 cm³/mol. The maximum atomic E-state index is 12.9. The minimum absolute atomic E-state index is 0.0913. The van der Waals surface area contributed by atoms with Crippen molar-refractivity contribution in [2.45, 2.75) is 19.3 Å². The predicted octanol–water partition coefficient (Wildman–Crippen LogP) is 1.87. The molecule has 1 aromatic carbocycles. The van der Waals surface area contributed by atoms with E-state index in [1.165, 1.54) is 6.07 Å². The molecule has 0 amide bonds. The zero-order chi connectivity index (χ0) is 12.3. The number of halogens is 2. The first kappa shape index (κ1) is 12.5. The van der Waals surface area contributed by atoms with Crippen LogP contribution < -0.4 is 5.32 Å². The molecule has 0 bridgehead atoms. The first-order chi connectivity index (χ1) is 8.15. The molecule has 0 atom stereocenters. The van der Waals surface area contributed by atoms with Crippen molar-refractivity contribution in [1.82, 2.24) is 5.32 Å². The SMILES string of the molecule is OCC1(CNCCc2ccc(F)c(F)c2)CC1. The molecule has 0 aliphatic heterocycles. The van der Waals surface area contributed by atoms with Gasteiger partial charge in [-0.1, -0.05) is 6.07 Å². The molecule has 0 saturated heterocycles. The Morgan fingerprint density at radius 2 is 2.00 bits per heavy atom. The molecule has 0 unspecified atom stereocenters. The summed E-state index contributed by atoms with van der Waals surface area (Å²) in [6.45, 7) is 1.74. The van der Waals surface area contributed by atoms with Gasteiger partial charge in [0.25, 0.3) is 0 Å². The van der Waals surface area contributed by atoms with Crippen molar-refractivity contribution in [3.63, 3.8) is 0 Å². The second-order valence-corrected chi connectivity index (χ2v) is 4.83. The van der Waals surface area contributed by atoms with Crippen molar-refractivity contribution in [1.29, 1.82) is 0 Å². The molecule has 0 aromatic heterocycles. The van der Waals surface area contributed by atoms with Gasteiger partial charge in [-0.15, -0.1) is 0 Å². The quantitative estimate of drug-likeness (QED) is 0.745. The minimum atomic E-state index is -0.807. The van der Waals surface area contributed by atoms with Crippen LogP contribution in [0.3, 0.4) is 0 Å². The van der Waals surface area contributed by atoms with Crippen molar-refractivity contribution >= 4 is 0 Å². The standard InChI is InChI=1S/C13H17F2NO/c14-11-2-1-10(7-12(11)15)3-6-16-8-13(9-17)4-5-13/h1-2,7,16-17H,3-6,8-9H2. The van der Waals surface area contributed by atoms with Gasteiger partial charge in [-0.2, -0.15) is 0 Å². The Morgan fingerprint density at radius 3 is 2.59 bits per heavy atom. The number of rotatable bonds is 6. The minimum Gasteiger partial charge on any atom is -0.396 e. The molecule has 1 saturated carbocycles. The van der Waals surface area contributed by atoms with E-state index in [1.807, 2.05) is 0 Å². The van der Waals surface area contributed by atoms with Crippen LogP contribution in [0.4, 0.5) is 8.78 Å². The number of hydrogen-bond donors (Lipinski definition) is 2. The van der Waals surface area contributed by atoms with Crippen LogP contribution in [0.5, 0.6) is 0 Å². The van der Waals surface area contributed by atoms with E-state index in [9.17, 15) is 8.78 Å². The van der Waals surface area contributed by atoms with Gasteiger partial charge in [-0.05, 0) is 43.5 Å². The zero-order valence-electron chi connectivity index (χ0n) is 9.68. The number of aliphatic hydroxyl groups is 1. The Balaban J connectivity index is 1.73. The molecule has 94 valence electrons. The molecule has 1 fully saturated rings. The fourth-order valence-corrected chi connectivity index (χ4v) is 1.85. The highest BCUT2D eigenvalue weighted by Crippen LogP contribution is 2.44. The van der Waals surface area contributed by atoms with Crippen LogP contribution in [0, 0.1) is 17.0 Å². The molecule has 17 heavy (non-hydrogen) atoms. The summed E-state index contributed by atoms with van der Waals surface area (Å²) in [5.41, 5.74) is 0.874. The summed E-state index contributed by atoms with van der Waals surface area (Å²) in [7, 11) is 0. The van der Waals surface area contributed by atoms with Crippen LogP contribution >= 0.6 is 0 Å². The molecule has 2 rings (SSSR count). The molecular weight excluding hydrogens is 224 g/mol. The zero-order valence-corrected chi connectivity index (χ0v) is 9.68. The van der Waals surface area contributed by atoms with Gasteiger partial charge in [0.05, 0.1) is 0 Å². The molecule has 1 aliphatic carbocycles. The maximum absolute atomic E-state index is 12.9. The summed E-state index contributed by atoms with van der Waals surface area (Å²) in [5, 5.41) is 12.4. The summed E-state index contributed by atoms with van der Waals surface area (Å²) in [5.74, 6) is -1.60. The van der Waals surface area contributed by atoms with Crippen molar-refractivity contribution in [3.05, 3.63) is 35.4 Å². The fraction of sp³-hybridized carbons (Fsp3) is 0.538. The lowest BCUT2D eigenvalue weighted by Crippen LogP contribution is -2.28. The topological polar surface area (TPSA) is 32.3 Å². The summed E-state index contributed by atoms with van der Waals surface area (Å²) >= 11 is 0. The summed E-state index contributed by atoms with van der Waals surface area (Å²) in [6, 6.07) is 3.98. The van der Waals surface area contributed by atoms with E-state index in [-0.39, 0.29) is 12.0 Å². The molecule has 0 heterocycles. The van der Waals surface area contributed by atoms with Crippen LogP contribution in [0.2, 0.25) is 0 Å². The number of aliphatic hydroxyl groups excluding tert-OH is 1. The van der Waals surface area contributed by atoms with E-state index in [2.05, 4.69) is 5.32 Å². The van der Waals surface area contributed by atoms with E-state index < -0.39 is 11.6 Å². The van der Waals surface area contributed by atoms with Crippen molar-refractivity contribution in [2.75, 3.05) is 19.7 Å². The second kappa shape index (κ2) is 5.10. The van der Waals surface area contributed by atoms with Gasteiger partial charge in [0.2, 0.25) is 0 Å². The van der Waals surface area contributed by atoms with Gasteiger partial charge in [-0.25, -0.2) is 8.78 Å². The van der Waals surface area contributed by atoms with Gasteiger partial charge in [0.1, 0.15) is 0 Å². The van der Waals surface area contributed by atoms with Crippen LogP contribution in [-0.4, -0.2) is 24.8 Å². The average molecular weight is 241 g/mol. The van der Waals surface area contributed by atoms with E-state index in [0.717, 1.165) is 31.0 Å². The van der Waals surface area contributed by atoms with Crippen molar-refractivity contribution in [2.24, 2.45) is 5.41 Å². The molecule has 0 radical (unpaired) electrons. The summed E-state index contributed by atoms with van der Waals surface area (Å²) in [4.78, 5) is 0. The van der Waals surface area contributed by atoms with Gasteiger partial charge in [0, 0.05) is 18.6 Å². The smallest absolute Gasteiger partial charge is 0.159 e. The molecule has 1 aromatic rings. The monoisotopic (exact) mass is 241 g/mol. The summed E-state index contributed by atoms with van der Waals surface area (Å²) < 4.78 is 25.6. The Morgan fingerprint density at radius 1 is 1.24 bits per heavy atom. The van der Waals surface area contributed by atoms with Gasteiger partial charge < -0.3 is 10.4 Å². The largest absolute Gasteiger partial charge is 0.396 e. The van der Waals surface area contributed by atoms with Crippen LogP contribution in [0.1, 0.15) is 18.4 Å². The molecular formula is C13H17F2NO. The highest BCUT2D eigenvalue weighted by Gasteiger charge is 2.41. The molecule has 0 spiro atoms. The first-order valence-corrected chi connectivity index (χ1v) is 5.91. The van der Waals surface area contributed by atoms with E-state index in [0.29, 0.717) is 13.0 Å². The number of nitrogens with one attached hydrogen (secondary N) is 1. The lowest BCUT2D eigenvalue weighted by atomic mass is 10.1. The summed E-state index contributed by atoms with van der Waals surface area (Å²) in [6.07, 6.45) is 2.81. The normalized spacial score (nSPS) is 17.1. The highest BCUT2D eigenvalue weighted by atomic mass is 19.2. The third kappa shape index (κ3) is 3.23. The number of benzene rings is 1. The first-order valence-electron chi connectivity index (χ1n) is 5.91.